The van der Waals surface area contributed by atoms with Crippen LogP contribution in [0.2, 0.25) is 0 Å². The Kier molecular flexibility index (Phi) is 9.48. The number of carbonyl (C=O) groups is 2. The first-order valence-electron chi connectivity index (χ1n) is 7.26. The van der Waals surface area contributed by atoms with Crippen molar-refractivity contribution < 1.29 is 14.3 Å². The number of methoxy groups -OCH3 is 1. The fourth-order valence-corrected chi connectivity index (χ4v) is 2.04. The van der Waals surface area contributed by atoms with Crippen molar-refractivity contribution in [2.75, 3.05) is 19.0 Å². The van der Waals surface area contributed by atoms with Crippen molar-refractivity contribution in [3.05, 3.63) is 29.8 Å². The van der Waals surface area contributed by atoms with Crippen molar-refractivity contribution in [1.82, 2.24) is 4.90 Å². The highest BCUT2D eigenvalue weighted by Gasteiger charge is 2.14. The van der Waals surface area contributed by atoms with Crippen molar-refractivity contribution in [2.45, 2.75) is 39.4 Å². The molecule has 0 saturated heterocycles. The number of anilines is 1. The Morgan fingerprint density at radius 1 is 1.26 bits per heavy atom. The molecular weight excluding hydrogens is 318 g/mol. The largest absolute Gasteiger partial charge is 0.383 e. The van der Waals surface area contributed by atoms with Crippen molar-refractivity contribution in [2.24, 2.45) is 5.73 Å². The molecule has 1 aromatic carbocycles. The summed E-state index contributed by atoms with van der Waals surface area (Å²) in [5.41, 5.74) is 7.33. The Bertz CT molecular complexity index is 506. The number of nitrogens with zero attached hydrogens (tertiary/aromatic N) is 1. The topological polar surface area (TPSA) is 84.7 Å². The van der Waals surface area contributed by atoms with Gasteiger partial charge in [0.2, 0.25) is 11.8 Å². The number of amides is 2. The molecule has 0 aromatic heterocycles. The molecule has 0 spiro atoms. The lowest BCUT2D eigenvalue weighted by Crippen LogP contribution is -2.39. The van der Waals surface area contributed by atoms with Crippen LogP contribution in [0, 0.1) is 0 Å². The van der Waals surface area contributed by atoms with E-state index in [4.69, 9.17) is 10.5 Å². The zero-order valence-electron chi connectivity index (χ0n) is 14.0. The van der Waals surface area contributed by atoms with Gasteiger partial charge in [-0.25, -0.2) is 0 Å². The fraction of sp³-hybridized carbons (Fsp3) is 0.500. The summed E-state index contributed by atoms with van der Waals surface area (Å²) in [7, 11) is 1.50. The number of hydrogen-bond acceptors (Lipinski definition) is 4. The Morgan fingerprint density at radius 3 is 2.26 bits per heavy atom. The average molecular weight is 344 g/mol. The van der Waals surface area contributed by atoms with E-state index in [2.05, 4.69) is 5.32 Å². The summed E-state index contributed by atoms with van der Waals surface area (Å²) in [5, 5.41) is 2.73. The highest BCUT2D eigenvalue weighted by Crippen LogP contribution is 2.13. The van der Waals surface area contributed by atoms with Crippen LogP contribution < -0.4 is 11.1 Å². The molecule has 23 heavy (non-hydrogen) atoms. The van der Waals surface area contributed by atoms with E-state index in [1.807, 2.05) is 26.0 Å². The lowest BCUT2D eigenvalue weighted by molar-refractivity contribution is -0.131. The SMILES string of the molecule is COCC(N)C(=O)Nc1ccc(CN(C(C)=O)C(C)C)cc1.Cl. The third-order valence-electron chi connectivity index (χ3n) is 3.29. The van der Waals surface area contributed by atoms with Gasteiger partial charge in [0.15, 0.2) is 0 Å². The quantitative estimate of drug-likeness (QED) is 0.790. The molecule has 0 aliphatic rings. The number of halogens is 1. The van der Waals surface area contributed by atoms with Gasteiger partial charge in [0.1, 0.15) is 6.04 Å². The highest BCUT2D eigenvalue weighted by atomic mass is 35.5. The molecule has 0 radical (unpaired) electrons. The predicted molar refractivity (Wildman–Crippen MR) is 93.5 cm³/mol. The molecule has 0 bridgehead atoms. The molecule has 1 unspecified atom stereocenters. The fourth-order valence-electron chi connectivity index (χ4n) is 2.04. The standard InChI is InChI=1S/C16H25N3O3.ClH/c1-11(2)19(12(3)20)9-13-5-7-14(8-6-13)18-16(21)15(17)10-22-4;/h5-8,11,15H,9-10,17H2,1-4H3,(H,18,21);1H. The monoisotopic (exact) mass is 343 g/mol. The van der Waals surface area contributed by atoms with Gasteiger partial charge in [0.25, 0.3) is 0 Å². The summed E-state index contributed by atoms with van der Waals surface area (Å²) in [6.45, 7) is 6.24. The van der Waals surface area contributed by atoms with Crippen LogP contribution in [0.1, 0.15) is 26.3 Å². The molecule has 0 fully saturated rings. The number of carbonyl (C=O) groups excluding carboxylic acids is 2. The number of nitrogens with one attached hydrogen (secondary N) is 1. The summed E-state index contributed by atoms with van der Waals surface area (Å²) in [6, 6.07) is 6.81. The molecule has 7 heteroatoms. The van der Waals surface area contributed by atoms with E-state index < -0.39 is 6.04 Å². The van der Waals surface area contributed by atoms with E-state index in [-0.39, 0.29) is 36.9 Å². The van der Waals surface area contributed by atoms with Crippen LogP contribution in [0.4, 0.5) is 5.69 Å². The Balaban J connectivity index is 0.00000484. The first kappa shape index (κ1) is 21.4. The molecule has 6 nitrogen and oxygen atoms in total. The maximum atomic E-state index is 11.8. The minimum Gasteiger partial charge on any atom is -0.383 e. The lowest BCUT2D eigenvalue weighted by Gasteiger charge is -2.25. The van der Waals surface area contributed by atoms with E-state index in [1.165, 1.54) is 7.11 Å². The van der Waals surface area contributed by atoms with Crippen LogP contribution in [0.15, 0.2) is 24.3 Å². The van der Waals surface area contributed by atoms with E-state index >= 15 is 0 Å². The van der Waals surface area contributed by atoms with Gasteiger partial charge in [-0.3, -0.25) is 9.59 Å². The Morgan fingerprint density at radius 2 is 1.83 bits per heavy atom. The Labute approximate surface area is 143 Å². The van der Waals surface area contributed by atoms with Gasteiger partial charge < -0.3 is 20.7 Å². The molecule has 2 amide bonds. The second-order valence-electron chi connectivity index (χ2n) is 5.49. The number of rotatable bonds is 7. The average Bonchev–Trinajstić information content (AvgIpc) is 2.45. The maximum absolute atomic E-state index is 11.8. The molecule has 130 valence electrons. The van der Waals surface area contributed by atoms with Gasteiger partial charge in [-0.05, 0) is 31.5 Å². The van der Waals surface area contributed by atoms with Crippen LogP contribution >= 0.6 is 12.4 Å². The van der Waals surface area contributed by atoms with Crippen molar-refractivity contribution in [3.63, 3.8) is 0 Å². The molecule has 0 saturated carbocycles. The minimum absolute atomic E-state index is 0. The van der Waals surface area contributed by atoms with E-state index in [1.54, 1.807) is 24.0 Å². The summed E-state index contributed by atoms with van der Waals surface area (Å²) in [6.07, 6.45) is 0. The third kappa shape index (κ3) is 6.99. The molecule has 0 aliphatic carbocycles. The van der Waals surface area contributed by atoms with Crippen LogP contribution in [-0.4, -0.2) is 42.5 Å². The zero-order chi connectivity index (χ0) is 16.7. The lowest BCUT2D eigenvalue weighted by atomic mass is 10.1. The normalized spacial score (nSPS) is 11.6. The second-order valence-corrected chi connectivity index (χ2v) is 5.49. The number of benzene rings is 1. The van der Waals surface area contributed by atoms with Gasteiger partial charge >= 0.3 is 0 Å². The maximum Gasteiger partial charge on any atom is 0.243 e. The predicted octanol–water partition coefficient (Wildman–Crippen LogP) is 1.78. The van der Waals surface area contributed by atoms with Crippen molar-refractivity contribution in [3.8, 4) is 0 Å². The van der Waals surface area contributed by atoms with Gasteiger partial charge in [-0.2, -0.15) is 0 Å². The number of ether oxygens (including phenoxy) is 1. The molecule has 3 N–H and O–H groups in total. The molecule has 1 rings (SSSR count). The van der Waals surface area contributed by atoms with E-state index in [0.29, 0.717) is 12.2 Å². The van der Waals surface area contributed by atoms with Gasteiger partial charge in [0.05, 0.1) is 6.61 Å². The van der Waals surface area contributed by atoms with Gasteiger partial charge in [-0.15, -0.1) is 12.4 Å². The molecule has 1 atom stereocenters. The smallest absolute Gasteiger partial charge is 0.243 e. The van der Waals surface area contributed by atoms with Crippen molar-refractivity contribution in [1.29, 1.82) is 0 Å². The molecule has 0 heterocycles. The second kappa shape index (κ2) is 10.2. The highest BCUT2D eigenvalue weighted by molar-refractivity contribution is 5.94. The Hall–Kier alpha value is -1.63. The molecule has 0 aliphatic heterocycles. The zero-order valence-corrected chi connectivity index (χ0v) is 14.9. The van der Waals surface area contributed by atoms with Crippen molar-refractivity contribution >= 4 is 29.9 Å². The van der Waals surface area contributed by atoms with Gasteiger partial charge in [-0.1, -0.05) is 12.1 Å². The first-order valence-corrected chi connectivity index (χ1v) is 7.26. The van der Waals surface area contributed by atoms with Crippen LogP contribution in [0.5, 0.6) is 0 Å². The first-order chi connectivity index (χ1) is 10.3. The minimum atomic E-state index is -0.696. The number of nitrogens with two attached hydrogens (primary N) is 1. The third-order valence-corrected chi connectivity index (χ3v) is 3.29. The summed E-state index contributed by atoms with van der Waals surface area (Å²) >= 11 is 0. The summed E-state index contributed by atoms with van der Waals surface area (Å²) < 4.78 is 4.85. The summed E-state index contributed by atoms with van der Waals surface area (Å²) in [4.78, 5) is 25.1. The van der Waals surface area contributed by atoms with Gasteiger partial charge in [0, 0.05) is 32.3 Å². The van der Waals surface area contributed by atoms with Crippen LogP contribution in [0.3, 0.4) is 0 Å². The van der Waals surface area contributed by atoms with Crippen LogP contribution in [-0.2, 0) is 20.9 Å². The number of hydrogen-bond donors (Lipinski definition) is 2. The van der Waals surface area contributed by atoms with E-state index in [9.17, 15) is 9.59 Å². The van der Waals surface area contributed by atoms with Crippen LogP contribution in [0.25, 0.3) is 0 Å². The molecule has 1 aromatic rings. The summed E-state index contributed by atoms with van der Waals surface area (Å²) in [5.74, 6) is -0.250. The molecular formula is C16H26ClN3O3. The van der Waals surface area contributed by atoms with E-state index in [0.717, 1.165) is 5.56 Å².